The molecule has 0 bridgehead atoms. The van der Waals surface area contributed by atoms with Gasteiger partial charge in [0.2, 0.25) is 5.91 Å². The zero-order valence-corrected chi connectivity index (χ0v) is 12.5. The molecule has 22 heavy (non-hydrogen) atoms. The third kappa shape index (κ3) is 3.47. The van der Waals surface area contributed by atoms with E-state index in [0.717, 1.165) is 18.4 Å². The van der Waals surface area contributed by atoms with Gasteiger partial charge in [-0.05, 0) is 24.8 Å². The van der Waals surface area contributed by atoms with Gasteiger partial charge in [-0.3, -0.25) is 9.59 Å². The maximum absolute atomic E-state index is 12.2. The molecule has 118 valence electrons. The summed E-state index contributed by atoms with van der Waals surface area (Å²) < 4.78 is 5.90. The van der Waals surface area contributed by atoms with E-state index in [1.807, 2.05) is 30.3 Å². The second-order valence-electron chi connectivity index (χ2n) is 6.11. The molecule has 1 aliphatic heterocycles. The van der Waals surface area contributed by atoms with Crippen molar-refractivity contribution in [3.63, 3.8) is 0 Å². The van der Waals surface area contributed by atoms with Crippen LogP contribution < -0.4 is 0 Å². The Bertz CT molecular complexity index is 537. The predicted octanol–water partition coefficient (Wildman–Crippen LogP) is 1.91. The third-order valence-corrected chi connectivity index (χ3v) is 4.51. The Hall–Kier alpha value is -1.88. The molecule has 1 aromatic rings. The number of ether oxygens (including phenoxy) is 1. The van der Waals surface area contributed by atoms with Gasteiger partial charge in [0, 0.05) is 13.1 Å². The van der Waals surface area contributed by atoms with Crippen LogP contribution in [0.5, 0.6) is 0 Å². The number of likely N-dealkylation sites (tertiary alicyclic amines) is 1. The molecule has 1 saturated heterocycles. The summed E-state index contributed by atoms with van der Waals surface area (Å²) in [4.78, 5) is 24.8. The van der Waals surface area contributed by atoms with Crippen molar-refractivity contribution in [2.75, 3.05) is 13.1 Å². The first kappa shape index (κ1) is 15.0. The number of amides is 1. The average Bonchev–Trinajstić information content (AvgIpc) is 3.35. The van der Waals surface area contributed by atoms with Crippen LogP contribution in [0.15, 0.2) is 30.3 Å². The summed E-state index contributed by atoms with van der Waals surface area (Å²) >= 11 is 0. The minimum atomic E-state index is -0.848. The molecule has 1 heterocycles. The Morgan fingerprint density at radius 2 is 1.82 bits per heavy atom. The van der Waals surface area contributed by atoms with Crippen molar-refractivity contribution in [2.24, 2.45) is 11.8 Å². The molecule has 5 heteroatoms. The molecule has 0 aromatic heterocycles. The first-order valence-corrected chi connectivity index (χ1v) is 7.82. The lowest BCUT2D eigenvalue weighted by Crippen LogP contribution is -2.42. The highest BCUT2D eigenvalue weighted by Gasteiger charge is 2.50. The van der Waals surface area contributed by atoms with E-state index >= 15 is 0 Å². The van der Waals surface area contributed by atoms with Gasteiger partial charge in [0.15, 0.2) is 0 Å². The van der Waals surface area contributed by atoms with Crippen LogP contribution in [-0.4, -0.2) is 41.1 Å². The summed E-state index contributed by atoms with van der Waals surface area (Å²) in [6.45, 7) is 1.94. The Morgan fingerprint density at radius 3 is 2.41 bits per heavy atom. The topological polar surface area (TPSA) is 66.8 Å². The molecular weight excluding hydrogens is 282 g/mol. The van der Waals surface area contributed by atoms with Gasteiger partial charge in [-0.2, -0.15) is 0 Å². The van der Waals surface area contributed by atoms with E-state index in [1.54, 1.807) is 4.90 Å². The highest BCUT2D eigenvalue weighted by molar-refractivity contribution is 5.89. The summed E-state index contributed by atoms with van der Waals surface area (Å²) in [5.74, 6) is -1.59. The molecule has 3 rings (SSSR count). The smallest absolute Gasteiger partial charge is 0.307 e. The van der Waals surface area contributed by atoms with E-state index in [-0.39, 0.29) is 17.9 Å². The summed E-state index contributed by atoms with van der Waals surface area (Å²) in [6.07, 6.45) is 2.32. The van der Waals surface area contributed by atoms with E-state index in [2.05, 4.69) is 0 Å². The zero-order chi connectivity index (χ0) is 15.5. The van der Waals surface area contributed by atoms with Crippen molar-refractivity contribution in [3.05, 3.63) is 35.9 Å². The number of hydrogen-bond donors (Lipinski definition) is 1. The van der Waals surface area contributed by atoms with Crippen LogP contribution in [0.2, 0.25) is 0 Å². The minimum Gasteiger partial charge on any atom is -0.481 e. The van der Waals surface area contributed by atoms with Gasteiger partial charge < -0.3 is 14.7 Å². The van der Waals surface area contributed by atoms with Crippen LogP contribution in [0.3, 0.4) is 0 Å². The van der Waals surface area contributed by atoms with Crippen molar-refractivity contribution in [2.45, 2.75) is 32.0 Å². The normalized spacial score (nSPS) is 25.0. The largest absolute Gasteiger partial charge is 0.481 e. The van der Waals surface area contributed by atoms with Crippen molar-refractivity contribution >= 4 is 11.9 Å². The highest BCUT2D eigenvalue weighted by atomic mass is 16.5. The van der Waals surface area contributed by atoms with Crippen LogP contribution in [0.1, 0.15) is 24.8 Å². The number of rotatable bonds is 5. The predicted molar refractivity (Wildman–Crippen MR) is 80.1 cm³/mol. The molecule has 1 aromatic carbocycles. The van der Waals surface area contributed by atoms with Crippen LogP contribution in [-0.2, 0) is 20.9 Å². The van der Waals surface area contributed by atoms with Gasteiger partial charge in [-0.25, -0.2) is 0 Å². The third-order valence-electron chi connectivity index (χ3n) is 4.51. The number of carbonyl (C=O) groups is 2. The van der Waals surface area contributed by atoms with E-state index in [9.17, 15) is 9.59 Å². The second kappa shape index (κ2) is 6.48. The summed E-state index contributed by atoms with van der Waals surface area (Å²) in [7, 11) is 0. The number of benzene rings is 1. The lowest BCUT2D eigenvalue weighted by atomic mass is 10.1. The molecule has 1 N–H and O–H groups in total. The minimum absolute atomic E-state index is 0.00825. The van der Waals surface area contributed by atoms with E-state index in [1.165, 1.54) is 0 Å². The Kier molecular flexibility index (Phi) is 4.43. The number of aliphatic carboxylic acids is 1. The van der Waals surface area contributed by atoms with Crippen molar-refractivity contribution in [3.8, 4) is 0 Å². The molecule has 0 spiro atoms. The molecule has 1 aliphatic carbocycles. The first-order chi connectivity index (χ1) is 10.6. The van der Waals surface area contributed by atoms with Crippen molar-refractivity contribution in [1.82, 2.24) is 4.90 Å². The van der Waals surface area contributed by atoms with Gasteiger partial charge in [-0.1, -0.05) is 30.3 Å². The molecule has 0 radical (unpaired) electrons. The fourth-order valence-corrected chi connectivity index (χ4v) is 3.01. The van der Waals surface area contributed by atoms with E-state index in [4.69, 9.17) is 9.84 Å². The summed E-state index contributed by atoms with van der Waals surface area (Å²) in [5, 5.41) is 8.90. The summed E-state index contributed by atoms with van der Waals surface area (Å²) in [6, 6.07) is 10.0. The Labute approximate surface area is 129 Å². The van der Waals surface area contributed by atoms with Gasteiger partial charge in [-0.15, -0.1) is 0 Å². The van der Waals surface area contributed by atoms with Gasteiger partial charge in [0.1, 0.15) is 0 Å². The Morgan fingerprint density at radius 1 is 1.14 bits per heavy atom. The quantitative estimate of drug-likeness (QED) is 0.902. The number of hydrogen-bond acceptors (Lipinski definition) is 3. The standard InChI is InChI=1S/C17H21NO4/c19-16(14-10-15(14)17(20)21)18-8-6-13(7-9-18)22-11-12-4-2-1-3-5-12/h1-5,13-15H,6-11H2,(H,20,21)/t14-,15-/m1/s1. The molecule has 0 unspecified atom stereocenters. The molecule has 2 aliphatic rings. The number of carbonyl (C=O) groups excluding carboxylic acids is 1. The van der Waals surface area contributed by atoms with Crippen LogP contribution >= 0.6 is 0 Å². The van der Waals surface area contributed by atoms with E-state index < -0.39 is 11.9 Å². The second-order valence-corrected chi connectivity index (χ2v) is 6.11. The van der Waals surface area contributed by atoms with Crippen molar-refractivity contribution in [1.29, 1.82) is 0 Å². The van der Waals surface area contributed by atoms with Gasteiger partial charge >= 0.3 is 5.97 Å². The molecule has 1 amide bonds. The zero-order valence-electron chi connectivity index (χ0n) is 12.5. The lowest BCUT2D eigenvalue weighted by Gasteiger charge is -2.32. The lowest BCUT2D eigenvalue weighted by molar-refractivity contribution is -0.142. The highest BCUT2D eigenvalue weighted by Crippen LogP contribution is 2.40. The number of nitrogens with zero attached hydrogens (tertiary/aromatic N) is 1. The maximum atomic E-state index is 12.2. The first-order valence-electron chi connectivity index (χ1n) is 7.82. The monoisotopic (exact) mass is 303 g/mol. The molecule has 1 saturated carbocycles. The maximum Gasteiger partial charge on any atom is 0.307 e. The SMILES string of the molecule is O=C(O)[C@@H]1C[C@H]1C(=O)N1CCC(OCc2ccccc2)CC1. The number of piperidine rings is 1. The molecule has 2 atom stereocenters. The van der Waals surface area contributed by atoms with E-state index in [0.29, 0.717) is 26.1 Å². The molecule has 5 nitrogen and oxygen atoms in total. The van der Waals surface area contributed by atoms with Crippen LogP contribution in [0, 0.1) is 11.8 Å². The summed E-state index contributed by atoms with van der Waals surface area (Å²) in [5.41, 5.74) is 1.16. The average molecular weight is 303 g/mol. The van der Waals surface area contributed by atoms with Crippen LogP contribution in [0.25, 0.3) is 0 Å². The fourth-order valence-electron chi connectivity index (χ4n) is 3.01. The molecule has 2 fully saturated rings. The van der Waals surface area contributed by atoms with Crippen molar-refractivity contribution < 1.29 is 19.4 Å². The number of carboxylic acids is 1. The molecular formula is C17H21NO4. The Balaban J connectivity index is 1.41. The van der Waals surface area contributed by atoms with Crippen LogP contribution in [0.4, 0.5) is 0 Å². The van der Waals surface area contributed by atoms with Gasteiger partial charge in [0.05, 0.1) is 24.5 Å². The number of carboxylic acid groups (broad SMARTS) is 1. The van der Waals surface area contributed by atoms with Gasteiger partial charge in [0.25, 0.3) is 0 Å². The fraction of sp³-hybridized carbons (Fsp3) is 0.529.